The quantitative estimate of drug-likeness (QED) is 0.100. The molecule has 2 heterocycles. The van der Waals surface area contributed by atoms with Gasteiger partial charge in [-0.15, -0.1) is 0 Å². The van der Waals surface area contributed by atoms with Gasteiger partial charge in [-0.2, -0.15) is 10.2 Å². The van der Waals surface area contributed by atoms with Crippen LogP contribution in [0.15, 0.2) is 6.20 Å². The standard InChI is InChI=1S/C40H74N8O4/c1-8-49-26-30-18-33(20-34(19-30)39-36(23-43-45-39)24-47(6)14-12-41-4)29-52-16-11-38-37(25-48(7)15-13-42-5)40(46-44-38)35-21-31(27-50-9-2)17-32(22-35)28-51-10-3/h23,30-35,41-42H,8-22,24-29H2,1-7H3,(H,43,45)(H,44,46)/t30-,31+,32+,33+,34-/m0/s1. The number of ether oxygens (including phenoxy) is 4. The van der Waals surface area contributed by atoms with E-state index < -0.39 is 0 Å². The summed E-state index contributed by atoms with van der Waals surface area (Å²) < 4.78 is 24.4. The van der Waals surface area contributed by atoms with Crippen LogP contribution in [0.2, 0.25) is 0 Å². The van der Waals surface area contributed by atoms with Crippen molar-refractivity contribution in [2.75, 3.05) is 107 Å². The summed E-state index contributed by atoms with van der Waals surface area (Å²) >= 11 is 0. The molecule has 298 valence electrons. The van der Waals surface area contributed by atoms with Crippen molar-refractivity contribution >= 4 is 0 Å². The third-order valence-electron chi connectivity index (χ3n) is 11.2. The van der Waals surface area contributed by atoms with Crippen LogP contribution in [0.5, 0.6) is 0 Å². The maximum Gasteiger partial charge on any atom is 0.0701 e. The van der Waals surface area contributed by atoms with Gasteiger partial charge in [0.2, 0.25) is 0 Å². The number of nitrogens with zero attached hydrogens (tertiary/aromatic N) is 4. The summed E-state index contributed by atoms with van der Waals surface area (Å²) in [5.41, 5.74) is 6.44. The zero-order valence-corrected chi connectivity index (χ0v) is 33.8. The summed E-state index contributed by atoms with van der Waals surface area (Å²) in [6, 6.07) is 0. The average Bonchev–Trinajstić information content (AvgIpc) is 3.78. The number of likely N-dealkylation sites (N-methyl/N-ethyl adjacent to an activating group) is 4. The molecular formula is C40H74N8O4. The van der Waals surface area contributed by atoms with Crippen molar-refractivity contribution in [1.82, 2.24) is 40.8 Å². The normalized spacial score (nSPS) is 24.0. The van der Waals surface area contributed by atoms with E-state index in [2.05, 4.69) is 70.6 Å². The summed E-state index contributed by atoms with van der Waals surface area (Å²) in [7, 11) is 8.43. The summed E-state index contributed by atoms with van der Waals surface area (Å²) in [4.78, 5) is 4.78. The third kappa shape index (κ3) is 13.7. The molecule has 2 aromatic heterocycles. The zero-order valence-electron chi connectivity index (χ0n) is 33.8. The van der Waals surface area contributed by atoms with Gasteiger partial charge in [0, 0.05) is 126 Å². The lowest BCUT2D eigenvalue weighted by molar-refractivity contribution is 0.0395. The highest BCUT2D eigenvalue weighted by atomic mass is 16.5. The van der Waals surface area contributed by atoms with Crippen LogP contribution < -0.4 is 10.6 Å². The van der Waals surface area contributed by atoms with Gasteiger partial charge in [-0.3, -0.25) is 10.2 Å². The molecule has 2 fully saturated rings. The first-order valence-corrected chi connectivity index (χ1v) is 20.4. The van der Waals surface area contributed by atoms with Crippen molar-refractivity contribution in [2.24, 2.45) is 23.7 Å². The van der Waals surface area contributed by atoms with E-state index >= 15 is 0 Å². The second-order valence-electron chi connectivity index (χ2n) is 15.6. The Kier molecular flexibility index (Phi) is 19.6. The molecule has 5 atom stereocenters. The molecular weight excluding hydrogens is 656 g/mol. The van der Waals surface area contributed by atoms with E-state index in [1.165, 1.54) is 34.6 Å². The molecule has 12 heteroatoms. The predicted molar refractivity (Wildman–Crippen MR) is 209 cm³/mol. The maximum absolute atomic E-state index is 6.55. The lowest BCUT2D eigenvalue weighted by Crippen LogP contribution is -2.30. The van der Waals surface area contributed by atoms with Gasteiger partial charge in [-0.25, -0.2) is 0 Å². The van der Waals surface area contributed by atoms with E-state index in [0.29, 0.717) is 42.1 Å². The Hall–Kier alpha value is -1.90. The molecule has 0 unspecified atom stereocenters. The summed E-state index contributed by atoms with van der Waals surface area (Å²) in [6.45, 7) is 18.2. The van der Waals surface area contributed by atoms with Crippen LogP contribution in [0.3, 0.4) is 0 Å². The third-order valence-corrected chi connectivity index (χ3v) is 11.2. The summed E-state index contributed by atoms with van der Waals surface area (Å²) in [5.74, 6) is 2.91. The first kappa shape index (κ1) is 42.8. The topological polar surface area (TPSA) is 125 Å². The molecule has 0 bridgehead atoms. The molecule has 2 saturated carbocycles. The molecule has 2 aliphatic rings. The van der Waals surface area contributed by atoms with Gasteiger partial charge in [0.25, 0.3) is 0 Å². The van der Waals surface area contributed by atoms with E-state index in [1.807, 2.05) is 20.3 Å². The minimum atomic E-state index is 0.403. The molecule has 2 aliphatic carbocycles. The lowest BCUT2D eigenvalue weighted by atomic mass is 9.73. The van der Waals surface area contributed by atoms with E-state index in [4.69, 9.17) is 24.0 Å². The van der Waals surface area contributed by atoms with Gasteiger partial charge in [-0.05, 0) is 111 Å². The van der Waals surface area contributed by atoms with E-state index in [9.17, 15) is 0 Å². The minimum Gasteiger partial charge on any atom is -0.381 e. The highest BCUT2D eigenvalue weighted by Crippen LogP contribution is 2.42. The highest BCUT2D eigenvalue weighted by Gasteiger charge is 2.34. The Balaban J connectivity index is 1.42. The van der Waals surface area contributed by atoms with Crippen LogP contribution in [0.1, 0.15) is 99.3 Å². The van der Waals surface area contributed by atoms with E-state index in [0.717, 1.165) is 124 Å². The van der Waals surface area contributed by atoms with Gasteiger partial charge < -0.3 is 39.4 Å². The van der Waals surface area contributed by atoms with Crippen LogP contribution in [0.25, 0.3) is 0 Å². The number of aromatic amines is 2. The molecule has 12 nitrogen and oxygen atoms in total. The molecule has 2 aromatic rings. The van der Waals surface area contributed by atoms with Crippen molar-refractivity contribution in [3.8, 4) is 0 Å². The lowest BCUT2D eigenvalue weighted by Gasteiger charge is -2.35. The predicted octanol–water partition coefficient (Wildman–Crippen LogP) is 4.80. The monoisotopic (exact) mass is 731 g/mol. The molecule has 0 spiro atoms. The number of nitrogens with one attached hydrogen (secondary N) is 4. The smallest absolute Gasteiger partial charge is 0.0701 e. The van der Waals surface area contributed by atoms with Gasteiger partial charge in [-0.1, -0.05) is 0 Å². The number of H-pyrrole nitrogens is 2. The Morgan fingerprint density at radius 3 is 1.75 bits per heavy atom. The SMILES string of the molecule is CCOC[C@H]1CC(c2n[nH]c(CCOC[C@@H]3C[C@H](COCC)C[C@H](c4[nH]ncc4CN(C)CCNC)C3)c2CN(C)CCNC)C[C@H](COCC)C1. The van der Waals surface area contributed by atoms with Crippen molar-refractivity contribution in [3.05, 3.63) is 34.4 Å². The van der Waals surface area contributed by atoms with Crippen molar-refractivity contribution in [1.29, 1.82) is 0 Å². The first-order chi connectivity index (χ1) is 25.4. The van der Waals surface area contributed by atoms with E-state index in [-0.39, 0.29) is 0 Å². The van der Waals surface area contributed by atoms with Crippen molar-refractivity contribution in [3.63, 3.8) is 0 Å². The fraction of sp³-hybridized carbons (Fsp3) is 0.850. The molecule has 4 N–H and O–H groups in total. The van der Waals surface area contributed by atoms with E-state index in [1.54, 1.807) is 0 Å². The molecule has 4 rings (SSSR count). The molecule has 0 aliphatic heterocycles. The van der Waals surface area contributed by atoms with Gasteiger partial charge in [0.15, 0.2) is 0 Å². The second kappa shape index (κ2) is 23.8. The Labute approximate surface area is 315 Å². The zero-order chi connectivity index (χ0) is 37.1. The number of aromatic nitrogens is 4. The Morgan fingerprint density at radius 1 is 0.692 bits per heavy atom. The fourth-order valence-corrected chi connectivity index (χ4v) is 8.67. The molecule has 0 radical (unpaired) electrons. The minimum absolute atomic E-state index is 0.403. The molecule has 0 aromatic carbocycles. The number of hydrogen-bond donors (Lipinski definition) is 4. The van der Waals surface area contributed by atoms with Crippen molar-refractivity contribution in [2.45, 2.75) is 90.6 Å². The molecule has 0 saturated heterocycles. The van der Waals surface area contributed by atoms with Crippen LogP contribution in [0, 0.1) is 23.7 Å². The van der Waals surface area contributed by atoms with Gasteiger partial charge in [0.1, 0.15) is 0 Å². The second-order valence-corrected chi connectivity index (χ2v) is 15.6. The van der Waals surface area contributed by atoms with Gasteiger partial charge >= 0.3 is 0 Å². The Morgan fingerprint density at radius 2 is 1.21 bits per heavy atom. The summed E-state index contributed by atoms with van der Waals surface area (Å²) in [6.07, 6.45) is 9.65. The number of rotatable bonds is 26. The first-order valence-electron chi connectivity index (χ1n) is 20.4. The maximum atomic E-state index is 6.55. The molecule has 52 heavy (non-hydrogen) atoms. The average molecular weight is 731 g/mol. The highest BCUT2D eigenvalue weighted by molar-refractivity contribution is 5.29. The van der Waals surface area contributed by atoms with Crippen molar-refractivity contribution < 1.29 is 18.9 Å². The Bertz CT molecular complexity index is 1210. The van der Waals surface area contributed by atoms with Crippen LogP contribution in [-0.4, -0.2) is 137 Å². The van der Waals surface area contributed by atoms with Crippen LogP contribution in [-0.2, 0) is 38.5 Å². The summed E-state index contributed by atoms with van der Waals surface area (Å²) in [5, 5.41) is 23.0. The molecule has 0 amide bonds. The van der Waals surface area contributed by atoms with Crippen LogP contribution >= 0.6 is 0 Å². The fourth-order valence-electron chi connectivity index (χ4n) is 8.67. The number of hydrogen-bond acceptors (Lipinski definition) is 10. The largest absolute Gasteiger partial charge is 0.381 e. The van der Waals surface area contributed by atoms with Crippen LogP contribution in [0.4, 0.5) is 0 Å². The van der Waals surface area contributed by atoms with Gasteiger partial charge in [0.05, 0.1) is 18.5 Å².